The predicted molar refractivity (Wildman–Crippen MR) is 139 cm³/mol. The number of aliphatic hydroxyl groups is 2. The van der Waals surface area contributed by atoms with Crippen LogP contribution in [0.25, 0.3) is 0 Å². The van der Waals surface area contributed by atoms with Crippen LogP contribution in [0.1, 0.15) is 18.4 Å². The van der Waals surface area contributed by atoms with Crippen molar-refractivity contribution in [3.8, 4) is 5.75 Å². The first-order valence-corrected chi connectivity index (χ1v) is 12.9. The van der Waals surface area contributed by atoms with E-state index in [1.165, 1.54) is 17.6 Å². The van der Waals surface area contributed by atoms with Crippen LogP contribution in [0.2, 0.25) is 0 Å². The molecule has 2 saturated heterocycles. The molecule has 4 rings (SSSR count). The summed E-state index contributed by atoms with van der Waals surface area (Å²) in [6.45, 7) is 4.20. The zero-order chi connectivity index (χ0) is 27.3. The van der Waals surface area contributed by atoms with E-state index in [0.717, 1.165) is 23.9 Å². The number of benzene rings is 2. The molecule has 0 aliphatic carbocycles. The molecule has 2 aromatic rings. The number of anilines is 1. The molecule has 0 bridgehead atoms. The molecule has 0 aromatic heterocycles. The molecule has 2 aromatic carbocycles. The molecule has 1 atom stereocenters. The third kappa shape index (κ3) is 7.41. The molecule has 2 fully saturated rings. The molecule has 0 saturated carbocycles. The average Bonchev–Trinajstić information content (AvgIpc) is 3.02. The molecule has 38 heavy (non-hydrogen) atoms. The summed E-state index contributed by atoms with van der Waals surface area (Å²) >= 11 is 0. The normalized spacial score (nSPS) is 22.3. The monoisotopic (exact) mass is 533 g/mol. The third-order valence-corrected chi connectivity index (χ3v) is 7.26. The van der Waals surface area contributed by atoms with Gasteiger partial charge in [-0.05, 0) is 31.9 Å². The zero-order valence-corrected chi connectivity index (χ0v) is 22.0. The lowest BCUT2D eigenvalue weighted by Gasteiger charge is -2.42. The van der Waals surface area contributed by atoms with E-state index >= 15 is 0 Å². The Balaban J connectivity index is 1.43. The van der Waals surface area contributed by atoms with Crippen molar-refractivity contribution < 1.29 is 33.3 Å². The summed E-state index contributed by atoms with van der Waals surface area (Å²) in [6, 6.07) is 11.1. The summed E-state index contributed by atoms with van der Waals surface area (Å²) in [5, 5.41) is 23.0. The lowest BCUT2D eigenvalue weighted by Crippen LogP contribution is -2.56. The average molecular weight is 534 g/mol. The Hall–Kier alpha value is -2.79. The molecule has 0 spiro atoms. The van der Waals surface area contributed by atoms with Crippen LogP contribution < -0.4 is 9.64 Å². The van der Waals surface area contributed by atoms with E-state index in [1.54, 1.807) is 0 Å². The van der Waals surface area contributed by atoms with Gasteiger partial charge in [-0.1, -0.05) is 17.7 Å². The van der Waals surface area contributed by atoms with E-state index in [9.17, 15) is 23.8 Å². The van der Waals surface area contributed by atoms with E-state index in [0.29, 0.717) is 45.6 Å². The van der Waals surface area contributed by atoms with E-state index in [2.05, 4.69) is 29.2 Å². The minimum atomic E-state index is -1.54. The van der Waals surface area contributed by atoms with Crippen molar-refractivity contribution in [1.29, 1.82) is 0 Å². The summed E-state index contributed by atoms with van der Waals surface area (Å²) in [6.07, 6.45) is 1.11. The van der Waals surface area contributed by atoms with Crippen molar-refractivity contribution in [2.24, 2.45) is 0 Å². The lowest BCUT2D eigenvalue weighted by molar-refractivity contribution is -0.138. The molecule has 10 heteroatoms. The minimum Gasteiger partial charge on any atom is -0.490 e. The fourth-order valence-corrected chi connectivity index (χ4v) is 5.24. The number of nitrogens with zero attached hydrogens (tertiary/aromatic N) is 3. The number of rotatable bonds is 8. The number of hydrogen-bond donors (Lipinski definition) is 2. The molecular weight excluding hydrogens is 496 g/mol. The maximum absolute atomic E-state index is 13.6. The number of amides is 1. The van der Waals surface area contributed by atoms with Gasteiger partial charge in [-0.2, -0.15) is 0 Å². The van der Waals surface area contributed by atoms with E-state index in [1.807, 2.05) is 11.8 Å². The molecule has 2 aliphatic rings. The van der Waals surface area contributed by atoms with Crippen LogP contribution in [0, 0.1) is 18.6 Å². The Morgan fingerprint density at radius 1 is 0.947 bits per heavy atom. The van der Waals surface area contributed by atoms with Gasteiger partial charge in [-0.25, -0.2) is 8.78 Å². The first kappa shape index (κ1) is 28.2. The van der Waals surface area contributed by atoms with Gasteiger partial charge in [0.2, 0.25) is 5.91 Å². The van der Waals surface area contributed by atoms with Gasteiger partial charge in [-0.3, -0.25) is 9.69 Å². The standard InChI is InChI=1S/C28H37F2N3O5/c1-21-3-5-24(6-4-21)32-9-7-27(35,8-10-32)17-31-11-12-33(26(34)16-37-2)19-28(36,18-31)20-38-25-14-22(29)13-23(30)15-25/h3-6,13-15,35-36H,7-12,16-20H2,1-2H3. The molecule has 2 aliphatic heterocycles. The maximum Gasteiger partial charge on any atom is 0.248 e. The van der Waals surface area contributed by atoms with Crippen molar-refractivity contribution in [1.82, 2.24) is 9.80 Å². The van der Waals surface area contributed by atoms with Crippen molar-refractivity contribution in [3.05, 3.63) is 59.7 Å². The second-order valence-electron chi connectivity index (χ2n) is 10.6. The van der Waals surface area contributed by atoms with Gasteiger partial charge in [0.15, 0.2) is 0 Å². The summed E-state index contributed by atoms with van der Waals surface area (Å²) < 4.78 is 37.9. The third-order valence-electron chi connectivity index (χ3n) is 7.26. The van der Waals surface area contributed by atoms with Crippen molar-refractivity contribution in [2.45, 2.75) is 31.0 Å². The molecule has 0 radical (unpaired) electrons. The fraction of sp³-hybridized carbons (Fsp3) is 0.536. The second-order valence-corrected chi connectivity index (χ2v) is 10.6. The number of aryl methyl sites for hydroxylation is 1. The second kappa shape index (κ2) is 11.9. The van der Waals surface area contributed by atoms with Gasteiger partial charge < -0.3 is 29.5 Å². The number of methoxy groups -OCH3 is 1. The van der Waals surface area contributed by atoms with Gasteiger partial charge in [0.05, 0.1) is 12.1 Å². The van der Waals surface area contributed by atoms with Gasteiger partial charge >= 0.3 is 0 Å². The van der Waals surface area contributed by atoms with Crippen LogP contribution in [0.4, 0.5) is 14.5 Å². The summed E-state index contributed by atoms with van der Waals surface area (Å²) in [7, 11) is 1.42. The molecule has 208 valence electrons. The molecule has 1 amide bonds. The minimum absolute atomic E-state index is 0.0386. The first-order chi connectivity index (χ1) is 18.1. The Bertz CT molecular complexity index is 1070. The number of halogens is 2. The molecule has 8 nitrogen and oxygen atoms in total. The first-order valence-electron chi connectivity index (χ1n) is 12.9. The van der Waals surface area contributed by atoms with Gasteiger partial charge in [0.1, 0.15) is 36.2 Å². The van der Waals surface area contributed by atoms with Gasteiger partial charge in [0.25, 0.3) is 0 Å². The topological polar surface area (TPSA) is 85.7 Å². The summed E-state index contributed by atoms with van der Waals surface area (Å²) in [5.41, 5.74) is -0.178. The fourth-order valence-electron chi connectivity index (χ4n) is 5.24. The van der Waals surface area contributed by atoms with E-state index < -0.39 is 22.8 Å². The smallest absolute Gasteiger partial charge is 0.248 e. The summed E-state index contributed by atoms with van der Waals surface area (Å²) in [4.78, 5) is 18.3. The number of ether oxygens (including phenoxy) is 2. The van der Waals surface area contributed by atoms with Crippen LogP contribution in [0.15, 0.2) is 42.5 Å². The number of hydrogen-bond acceptors (Lipinski definition) is 7. The maximum atomic E-state index is 13.6. The van der Waals surface area contributed by atoms with Crippen LogP contribution in [-0.2, 0) is 9.53 Å². The van der Waals surface area contributed by atoms with Crippen LogP contribution in [0.3, 0.4) is 0 Å². The van der Waals surface area contributed by atoms with Crippen molar-refractivity contribution in [3.63, 3.8) is 0 Å². The number of piperidine rings is 1. The Kier molecular flexibility index (Phi) is 8.87. The highest BCUT2D eigenvalue weighted by molar-refractivity contribution is 5.77. The molecule has 2 N–H and O–H groups in total. The van der Waals surface area contributed by atoms with Crippen LogP contribution in [0.5, 0.6) is 5.75 Å². The van der Waals surface area contributed by atoms with E-state index in [4.69, 9.17) is 9.47 Å². The quantitative estimate of drug-likeness (QED) is 0.538. The predicted octanol–water partition coefficient (Wildman–Crippen LogP) is 2.21. The molecular formula is C28H37F2N3O5. The van der Waals surface area contributed by atoms with E-state index in [-0.39, 0.29) is 38.0 Å². The zero-order valence-electron chi connectivity index (χ0n) is 22.0. The summed E-state index contributed by atoms with van der Waals surface area (Å²) in [5.74, 6) is -1.91. The Labute approximate surface area is 222 Å². The van der Waals surface area contributed by atoms with Crippen molar-refractivity contribution >= 4 is 11.6 Å². The Morgan fingerprint density at radius 2 is 1.61 bits per heavy atom. The Morgan fingerprint density at radius 3 is 2.24 bits per heavy atom. The van der Waals surface area contributed by atoms with Gasteiger partial charge in [0, 0.05) is 70.3 Å². The number of carbonyl (C=O) groups excluding carboxylic acids is 1. The molecule has 1 unspecified atom stereocenters. The van der Waals surface area contributed by atoms with Crippen LogP contribution in [-0.4, -0.2) is 103 Å². The largest absolute Gasteiger partial charge is 0.490 e. The number of β-amino-alcohol motifs (C(OH)–C–C–N with tert-alkyl or cyclic N) is 2. The highest BCUT2D eigenvalue weighted by atomic mass is 19.1. The molecule has 2 heterocycles. The van der Waals surface area contributed by atoms with Gasteiger partial charge in [-0.15, -0.1) is 0 Å². The lowest BCUT2D eigenvalue weighted by atomic mass is 9.90. The van der Waals surface area contributed by atoms with Crippen LogP contribution >= 0.6 is 0 Å². The SMILES string of the molecule is COCC(=O)N1CCN(CC2(O)CCN(c3ccc(C)cc3)CC2)CC(O)(COc2cc(F)cc(F)c2)C1. The number of carbonyl (C=O) groups is 1. The highest BCUT2D eigenvalue weighted by Crippen LogP contribution is 2.29. The highest BCUT2D eigenvalue weighted by Gasteiger charge is 2.41. The van der Waals surface area contributed by atoms with Crippen molar-refractivity contribution in [2.75, 3.05) is 71.0 Å².